The molecule has 0 aliphatic carbocycles. The molecule has 4 aromatic rings. The highest BCUT2D eigenvalue weighted by molar-refractivity contribution is 7.59. The zero-order valence-electron chi connectivity index (χ0n) is 30.0. The second kappa shape index (κ2) is 21.6. The molecule has 2 atom stereocenters. The minimum atomic E-state index is -0.923. The number of thiazole rings is 2. The maximum absolute atomic E-state index is 13.3. The molecular formula is C37H43Cl2N5O8S4. The number of rotatable bonds is 16. The van der Waals surface area contributed by atoms with Gasteiger partial charge in [-0.05, 0) is 49.1 Å². The van der Waals surface area contributed by atoms with Crippen LogP contribution in [-0.2, 0) is 38.6 Å². The Labute approximate surface area is 355 Å². The first-order valence-corrected chi connectivity index (χ1v) is 19.9. The zero-order chi connectivity index (χ0) is 38.2. The van der Waals surface area contributed by atoms with E-state index in [-0.39, 0.29) is 79.2 Å². The van der Waals surface area contributed by atoms with Crippen LogP contribution in [0.3, 0.4) is 0 Å². The van der Waals surface area contributed by atoms with Gasteiger partial charge in [-0.25, -0.2) is 9.97 Å². The summed E-state index contributed by atoms with van der Waals surface area (Å²) in [6.45, 7) is 2.66. The van der Waals surface area contributed by atoms with Crippen LogP contribution in [0.5, 0.6) is 0 Å². The van der Waals surface area contributed by atoms with Crippen molar-refractivity contribution in [2.24, 2.45) is 11.8 Å². The fourth-order valence-corrected chi connectivity index (χ4v) is 8.76. The van der Waals surface area contributed by atoms with E-state index >= 15 is 0 Å². The summed E-state index contributed by atoms with van der Waals surface area (Å²) in [5.41, 5.74) is 2.02. The molecule has 0 bridgehead atoms. The number of hydrogen-bond donors (Lipinski definition) is 5. The van der Waals surface area contributed by atoms with Gasteiger partial charge in [-0.3, -0.25) is 29.8 Å². The van der Waals surface area contributed by atoms with Crippen molar-refractivity contribution in [1.82, 2.24) is 20.6 Å². The number of amides is 1. The van der Waals surface area contributed by atoms with Crippen molar-refractivity contribution in [3.05, 3.63) is 84.2 Å². The fraction of sp³-hybridized carbons (Fsp3) is 0.405. The van der Waals surface area contributed by atoms with Gasteiger partial charge < -0.3 is 25.0 Å². The summed E-state index contributed by atoms with van der Waals surface area (Å²) in [7, 11) is 0. The predicted octanol–water partition coefficient (Wildman–Crippen LogP) is 6.42. The number of aromatic nitrogens is 2. The number of carbonyl (C=O) groups is 4. The van der Waals surface area contributed by atoms with Gasteiger partial charge in [0.15, 0.2) is 15.8 Å². The largest absolute Gasteiger partial charge is 0.480 e. The second-order valence-corrected chi connectivity index (χ2v) is 16.0. The van der Waals surface area contributed by atoms with E-state index in [1.165, 1.54) is 11.3 Å². The van der Waals surface area contributed by atoms with Gasteiger partial charge in [0.1, 0.15) is 12.1 Å². The number of halogens is 2. The van der Waals surface area contributed by atoms with Crippen molar-refractivity contribution in [2.45, 2.75) is 57.3 Å². The number of benzene rings is 2. The predicted molar refractivity (Wildman–Crippen MR) is 226 cm³/mol. The third-order valence-corrected chi connectivity index (χ3v) is 12.4. The monoisotopic (exact) mass is 883 g/mol. The van der Waals surface area contributed by atoms with E-state index < -0.39 is 29.9 Å². The number of anilines is 1. The summed E-state index contributed by atoms with van der Waals surface area (Å²) >= 11 is 16.1. The quantitative estimate of drug-likeness (QED) is 0.0779. The number of Topliss-reactive ketones (excluding diaryl/α,β-unsaturated/α-hetero) is 1. The van der Waals surface area contributed by atoms with Crippen LogP contribution < -0.4 is 16.0 Å². The SMILES string of the molecule is O=C(Cc1cccc(-c2cccc(NC(=O)c3ncc(CN[C@H](C(=O)O)C4CCOCC4)s3)c2Cl)c1Cl)c1ncc(CN[C@H](C(=O)O)C2CCOCC2)s1.S.S. The molecule has 2 saturated heterocycles. The Bertz CT molecular complexity index is 1850. The van der Waals surface area contributed by atoms with Crippen LogP contribution >= 0.6 is 72.9 Å². The van der Waals surface area contributed by atoms with Crippen LogP contribution in [-0.4, -0.2) is 82.3 Å². The molecule has 0 spiro atoms. The number of carbonyl (C=O) groups excluding carboxylic acids is 2. The van der Waals surface area contributed by atoms with Crippen molar-refractivity contribution < 1.29 is 38.9 Å². The molecule has 13 nitrogen and oxygen atoms in total. The number of nitrogens with zero attached hydrogens (tertiary/aromatic N) is 2. The summed E-state index contributed by atoms with van der Waals surface area (Å²) in [6.07, 6.45) is 5.77. The molecule has 2 aliphatic rings. The molecule has 2 aliphatic heterocycles. The van der Waals surface area contributed by atoms with E-state index in [1.54, 1.807) is 48.8 Å². The van der Waals surface area contributed by atoms with Gasteiger partial charge in [-0.1, -0.05) is 53.5 Å². The number of hydrogen-bond acceptors (Lipinski definition) is 12. The topological polar surface area (TPSA) is 189 Å². The molecule has 0 unspecified atom stereocenters. The normalized spacial score (nSPS) is 15.9. The minimum absolute atomic E-state index is 0. The highest BCUT2D eigenvalue weighted by atomic mass is 35.5. The van der Waals surface area contributed by atoms with Crippen LogP contribution in [0, 0.1) is 11.8 Å². The number of aliphatic carboxylic acids is 2. The van der Waals surface area contributed by atoms with Crippen molar-refractivity contribution in [3.63, 3.8) is 0 Å². The number of nitrogens with one attached hydrogen (secondary N) is 3. The molecule has 2 aromatic carbocycles. The molecule has 2 fully saturated rings. The van der Waals surface area contributed by atoms with Crippen molar-refractivity contribution in [2.75, 3.05) is 31.7 Å². The van der Waals surface area contributed by atoms with Gasteiger partial charge >= 0.3 is 11.9 Å². The minimum Gasteiger partial charge on any atom is -0.480 e. The van der Waals surface area contributed by atoms with Crippen LogP contribution in [0.25, 0.3) is 11.1 Å². The second-order valence-electron chi connectivity index (χ2n) is 13.1. The van der Waals surface area contributed by atoms with E-state index in [2.05, 4.69) is 25.9 Å². The standard InChI is InChI=1S/C37H39Cl2N5O8S2.2H2S/c38-29-22(15-28(45)34-42-18-23(53-34)16-40-31(36(47)48)20-7-11-51-12-8-20)3-1-4-25(29)26-5-2-6-27(30(26)39)44-33(46)35-43-19-24(54-35)17-41-32(37(49)50)21-9-13-52-14-10-21;;/h1-6,18-21,31-32,40-41H,7-17H2,(H,44,46)(H,47,48)(H,49,50);2*1H2/t31-,32-;;/m0../s1. The number of carboxylic acids is 2. The van der Waals surface area contributed by atoms with E-state index in [4.69, 9.17) is 32.7 Å². The van der Waals surface area contributed by atoms with Crippen molar-refractivity contribution in [3.8, 4) is 11.1 Å². The van der Waals surface area contributed by atoms with Crippen LogP contribution in [0.15, 0.2) is 48.8 Å². The van der Waals surface area contributed by atoms with Gasteiger partial charge in [0.25, 0.3) is 5.91 Å². The zero-order valence-corrected chi connectivity index (χ0v) is 35.2. The highest BCUT2D eigenvalue weighted by Crippen LogP contribution is 2.39. The molecular weight excluding hydrogens is 842 g/mol. The first kappa shape index (κ1) is 45.6. The lowest BCUT2D eigenvalue weighted by atomic mass is 9.92. The van der Waals surface area contributed by atoms with Crippen molar-refractivity contribution in [1.29, 1.82) is 0 Å². The Morgan fingerprint density at radius 3 is 1.75 bits per heavy atom. The average Bonchev–Trinajstić information content (AvgIpc) is 3.85. The summed E-state index contributed by atoms with van der Waals surface area (Å²) < 4.78 is 10.7. The van der Waals surface area contributed by atoms with E-state index in [9.17, 15) is 29.4 Å². The molecule has 56 heavy (non-hydrogen) atoms. The smallest absolute Gasteiger partial charge is 0.320 e. The molecule has 0 saturated carbocycles. The lowest BCUT2D eigenvalue weighted by Gasteiger charge is -2.28. The van der Waals surface area contributed by atoms with Crippen molar-refractivity contribution >= 4 is 102 Å². The summed E-state index contributed by atoms with van der Waals surface area (Å²) in [4.78, 5) is 60.4. The first-order chi connectivity index (χ1) is 26.1. The maximum Gasteiger partial charge on any atom is 0.320 e. The Kier molecular flexibility index (Phi) is 17.6. The van der Waals surface area contributed by atoms with Gasteiger partial charge in [0.05, 0.1) is 15.7 Å². The van der Waals surface area contributed by atoms with Gasteiger partial charge in [-0.15, -0.1) is 22.7 Å². The van der Waals surface area contributed by atoms with Gasteiger partial charge in [-0.2, -0.15) is 27.0 Å². The molecule has 5 N–H and O–H groups in total. The molecule has 4 heterocycles. The molecule has 302 valence electrons. The molecule has 1 amide bonds. The number of ketones is 1. The van der Waals surface area contributed by atoms with Crippen LogP contribution in [0.1, 0.15) is 60.6 Å². The third kappa shape index (κ3) is 11.5. The lowest BCUT2D eigenvalue weighted by Crippen LogP contribution is -2.44. The summed E-state index contributed by atoms with van der Waals surface area (Å²) in [5, 5.41) is 29.6. The summed E-state index contributed by atoms with van der Waals surface area (Å²) in [5.74, 6) is -2.63. The molecule has 19 heteroatoms. The molecule has 6 rings (SSSR count). The van der Waals surface area contributed by atoms with E-state index in [0.29, 0.717) is 84.4 Å². The fourth-order valence-electron chi connectivity index (χ4n) is 6.63. The maximum atomic E-state index is 13.3. The Hall–Kier alpha value is -3.10. The molecule has 2 aromatic heterocycles. The number of carboxylic acid groups (broad SMARTS) is 2. The van der Waals surface area contributed by atoms with Gasteiger partial charge in [0.2, 0.25) is 0 Å². The van der Waals surface area contributed by atoms with Crippen LogP contribution in [0.4, 0.5) is 5.69 Å². The molecule has 0 radical (unpaired) electrons. The van der Waals surface area contributed by atoms with E-state index in [1.807, 2.05) is 0 Å². The lowest BCUT2D eigenvalue weighted by molar-refractivity contribution is -0.143. The number of ether oxygens (including phenoxy) is 2. The Morgan fingerprint density at radius 1 is 0.732 bits per heavy atom. The third-order valence-electron chi connectivity index (χ3n) is 9.51. The first-order valence-electron chi connectivity index (χ1n) is 17.5. The average molecular weight is 885 g/mol. The highest BCUT2D eigenvalue weighted by Gasteiger charge is 2.31. The summed E-state index contributed by atoms with van der Waals surface area (Å²) in [6, 6.07) is 9.00. The van der Waals surface area contributed by atoms with E-state index in [0.717, 1.165) is 16.2 Å². The Balaban J connectivity index is 0.00000348. The Morgan fingerprint density at radius 2 is 1.21 bits per heavy atom. The van der Waals surface area contributed by atoms with Crippen LogP contribution in [0.2, 0.25) is 10.0 Å². The van der Waals surface area contributed by atoms with Gasteiger partial charge in [0, 0.05) is 79.2 Å².